The van der Waals surface area contributed by atoms with E-state index in [1.165, 1.54) is 24.2 Å². The molecule has 26 heavy (non-hydrogen) atoms. The maximum absolute atomic E-state index is 12.8. The standard InChI is InChI=1S/C20H23N3O2S/c1-23(17-11-15-8-9-16(12-17)21-15)20(25)13-4-6-14(7-5-13)22-19(24)18-3-2-10-26-18/h2-7,10,15-17,21H,8-9,11-12H2,1H3,(H,22,24). The highest BCUT2D eigenvalue weighted by Gasteiger charge is 2.36. The summed E-state index contributed by atoms with van der Waals surface area (Å²) in [7, 11) is 1.91. The molecule has 2 saturated heterocycles. The summed E-state index contributed by atoms with van der Waals surface area (Å²) in [6.45, 7) is 0. The van der Waals surface area contributed by atoms with E-state index in [2.05, 4.69) is 10.6 Å². The molecule has 0 spiro atoms. The molecule has 0 radical (unpaired) electrons. The number of amides is 2. The van der Waals surface area contributed by atoms with E-state index in [1.807, 2.05) is 23.4 Å². The van der Waals surface area contributed by atoms with Crippen LogP contribution in [-0.4, -0.2) is 41.9 Å². The van der Waals surface area contributed by atoms with Crippen LogP contribution in [0, 0.1) is 0 Å². The number of carbonyl (C=O) groups is 2. The number of nitrogens with zero attached hydrogens (tertiary/aromatic N) is 1. The molecule has 2 aromatic rings. The van der Waals surface area contributed by atoms with Gasteiger partial charge in [-0.05, 0) is 61.4 Å². The molecule has 2 bridgehead atoms. The van der Waals surface area contributed by atoms with Gasteiger partial charge in [0.25, 0.3) is 11.8 Å². The fourth-order valence-corrected chi connectivity index (χ4v) is 4.63. The third-order valence-corrected chi connectivity index (χ3v) is 6.32. The number of fused-ring (bicyclic) bond motifs is 2. The fraction of sp³-hybridized carbons (Fsp3) is 0.400. The largest absolute Gasteiger partial charge is 0.339 e. The molecule has 4 rings (SSSR count). The molecule has 5 nitrogen and oxygen atoms in total. The van der Waals surface area contributed by atoms with Crippen molar-refractivity contribution < 1.29 is 9.59 Å². The highest BCUT2D eigenvalue weighted by atomic mass is 32.1. The van der Waals surface area contributed by atoms with Gasteiger partial charge in [0, 0.05) is 36.4 Å². The van der Waals surface area contributed by atoms with Gasteiger partial charge in [0.15, 0.2) is 0 Å². The van der Waals surface area contributed by atoms with Crippen LogP contribution in [0.4, 0.5) is 5.69 Å². The van der Waals surface area contributed by atoms with Crippen molar-refractivity contribution in [3.8, 4) is 0 Å². The first-order valence-electron chi connectivity index (χ1n) is 9.08. The molecule has 2 N–H and O–H groups in total. The van der Waals surface area contributed by atoms with Crippen LogP contribution >= 0.6 is 11.3 Å². The van der Waals surface area contributed by atoms with Gasteiger partial charge in [0.1, 0.15) is 0 Å². The van der Waals surface area contributed by atoms with Crippen molar-refractivity contribution in [2.24, 2.45) is 0 Å². The van der Waals surface area contributed by atoms with Gasteiger partial charge < -0.3 is 15.5 Å². The minimum atomic E-state index is -0.124. The monoisotopic (exact) mass is 369 g/mol. The van der Waals surface area contributed by atoms with Crippen molar-refractivity contribution in [1.29, 1.82) is 0 Å². The van der Waals surface area contributed by atoms with E-state index in [0.29, 0.717) is 34.3 Å². The molecule has 2 fully saturated rings. The Morgan fingerprint density at radius 2 is 1.81 bits per heavy atom. The Morgan fingerprint density at radius 3 is 2.42 bits per heavy atom. The number of rotatable bonds is 4. The Bertz CT molecular complexity index is 776. The second-order valence-electron chi connectivity index (χ2n) is 7.19. The maximum Gasteiger partial charge on any atom is 0.265 e. The number of thiophene rings is 1. The van der Waals surface area contributed by atoms with E-state index in [0.717, 1.165) is 12.8 Å². The number of nitrogens with one attached hydrogen (secondary N) is 2. The van der Waals surface area contributed by atoms with Crippen LogP contribution in [0.1, 0.15) is 45.7 Å². The Hall–Kier alpha value is -2.18. The summed E-state index contributed by atoms with van der Waals surface area (Å²) in [5, 5.41) is 8.35. The summed E-state index contributed by atoms with van der Waals surface area (Å²) < 4.78 is 0. The van der Waals surface area contributed by atoms with E-state index in [9.17, 15) is 9.59 Å². The zero-order valence-corrected chi connectivity index (χ0v) is 15.6. The quantitative estimate of drug-likeness (QED) is 0.869. The topological polar surface area (TPSA) is 61.4 Å². The Labute approximate surface area is 157 Å². The summed E-state index contributed by atoms with van der Waals surface area (Å²) in [5.41, 5.74) is 1.36. The first-order valence-corrected chi connectivity index (χ1v) is 9.96. The number of anilines is 1. The highest BCUT2D eigenvalue weighted by molar-refractivity contribution is 7.12. The molecule has 2 atom stereocenters. The van der Waals surface area contributed by atoms with Crippen molar-refractivity contribution in [3.63, 3.8) is 0 Å². The number of benzene rings is 1. The summed E-state index contributed by atoms with van der Waals surface area (Å²) in [6.07, 6.45) is 4.52. The first-order chi connectivity index (χ1) is 12.6. The summed E-state index contributed by atoms with van der Waals surface area (Å²) >= 11 is 1.41. The van der Waals surface area contributed by atoms with Crippen molar-refractivity contribution in [2.45, 2.75) is 43.8 Å². The van der Waals surface area contributed by atoms with Gasteiger partial charge >= 0.3 is 0 Å². The lowest BCUT2D eigenvalue weighted by Crippen LogP contribution is -2.48. The van der Waals surface area contributed by atoms with E-state index >= 15 is 0 Å². The molecule has 3 heterocycles. The van der Waals surface area contributed by atoms with Gasteiger partial charge in [-0.1, -0.05) is 6.07 Å². The summed E-state index contributed by atoms with van der Waals surface area (Å²) in [4.78, 5) is 27.5. The van der Waals surface area contributed by atoms with E-state index in [4.69, 9.17) is 0 Å². The van der Waals surface area contributed by atoms with Crippen LogP contribution in [0.25, 0.3) is 0 Å². The van der Waals surface area contributed by atoms with Crippen LogP contribution < -0.4 is 10.6 Å². The molecule has 2 amide bonds. The third kappa shape index (κ3) is 3.52. The summed E-state index contributed by atoms with van der Waals surface area (Å²) in [6, 6.07) is 12.2. The lowest BCUT2D eigenvalue weighted by atomic mass is 9.98. The molecule has 0 aliphatic carbocycles. The van der Waals surface area contributed by atoms with Crippen molar-refractivity contribution >= 4 is 28.8 Å². The van der Waals surface area contributed by atoms with Crippen molar-refractivity contribution in [1.82, 2.24) is 10.2 Å². The van der Waals surface area contributed by atoms with E-state index in [-0.39, 0.29) is 11.8 Å². The lowest BCUT2D eigenvalue weighted by Gasteiger charge is -2.35. The Balaban J connectivity index is 1.39. The number of piperidine rings is 1. The van der Waals surface area contributed by atoms with Crippen molar-refractivity contribution in [2.75, 3.05) is 12.4 Å². The maximum atomic E-state index is 12.8. The van der Waals surface area contributed by atoms with Crippen LogP contribution in [-0.2, 0) is 0 Å². The van der Waals surface area contributed by atoms with Gasteiger partial charge in [-0.25, -0.2) is 0 Å². The fourth-order valence-electron chi connectivity index (χ4n) is 4.01. The molecule has 1 aromatic heterocycles. The Kier molecular flexibility index (Phi) is 4.78. The number of hydrogen-bond acceptors (Lipinski definition) is 4. The average molecular weight is 369 g/mol. The molecule has 6 heteroatoms. The number of hydrogen-bond donors (Lipinski definition) is 2. The van der Waals surface area contributed by atoms with Crippen LogP contribution in [0.15, 0.2) is 41.8 Å². The molecule has 1 aromatic carbocycles. The SMILES string of the molecule is CN(C(=O)c1ccc(NC(=O)c2cccs2)cc1)C1CC2CCC(C1)N2. The van der Waals surface area contributed by atoms with Gasteiger partial charge in [0.2, 0.25) is 0 Å². The second-order valence-corrected chi connectivity index (χ2v) is 8.14. The normalized spacial score (nSPS) is 24.3. The van der Waals surface area contributed by atoms with Gasteiger partial charge in [-0.15, -0.1) is 11.3 Å². The van der Waals surface area contributed by atoms with E-state index < -0.39 is 0 Å². The van der Waals surface area contributed by atoms with E-state index in [1.54, 1.807) is 30.3 Å². The predicted molar refractivity (Wildman–Crippen MR) is 104 cm³/mol. The summed E-state index contributed by atoms with van der Waals surface area (Å²) in [5.74, 6) is -0.0752. The minimum absolute atomic E-state index is 0.0485. The van der Waals surface area contributed by atoms with Gasteiger partial charge in [-0.3, -0.25) is 9.59 Å². The molecular weight excluding hydrogens is 346 g/mol. The molecule has 136 valence electrons. The van der Waals surface area contributed by atoms with Crippen LogP contribution in [0.3, 0.4) is 0 Å². The van der Waals surface area contributed by atoms with Crippen LogP contribution in [0.2, 0.25) is 0 Å². The molecule has 0 saturated carbocycles. The molecular formula is C20H23N3O2S. The predicted octanol–water partition coefficient (Wildman–Crippen LogP) is 3.36. The number of carbonyl (C=O) groups excluding carboxylic acids is 2. The Morgan fingerprint density at radius 1 is 1.12 bits per heavy atom. The zero-order valence-electron chi connectivity index (χ0n) is 14.8. The second kappa shape index (κ2) is 7.21. The smallest absolute Gasteiger partial charge is 0.265 e. The minimum Gasteiger partial charge on any atom is -0.339 e. The highest BCUT2D eigenvalue weighted by Crippen LogP contribution is 2.30. The van der Waals surface area contributed by atoms with Gasteiger partial charge in [-0.2, -0.15) is 0 Å². The first kappa shape index (κ1) is 17.2. The molecule has 2 aliphatic heterocycles. The van der Waals surface area contributed by atoms with Gasteiger partial charge in [0.05, 0.1) is 4.88 Å². The molecule has 2 unspecified atom stereocenters. The molecule has 2 aliphatic rings. The average Bonchev–Trinajstić information content (AvgIpc) is 3.31. The lowest BCUT2D eigenvalue weighted by molar-refractivity contribution is 0.0681. The zero-order chi connectivity index (χ0) is 18.1. The van der Waals surface area contributed by atoms with Crippen molar-refractivity contribution in [3.05, 3.63) is 52.2 Å². The third-order valence-electron chi connectivity index (χ3n) is 5.45. The van der Waals surface area contributed by atoms with Crippen LogP contribution in [0.5, 0.6) is 0 Å².